The Labute approximate surface area is 107 Å². The van der Waals surface area contributed by atoms with E-state index >= 15 is 0 Å². The first kappa shape index (κ1) is 12.5. The number of hydrogen-bond acceptors (Lipinski definition) is 5. The summed E-state index contributed by atoms with van der Waals surface area (Å²) in [6, 6.07) is 7.33. The Morgan fingerprint density at radius 1 is 1.35 bits per heavy atom. The molecule has 1 aliphatic rings. The van der Waals surface area contributed by atoms with Crippen molar-refractivity contribution in [2.75, 3.05) is 6.61 Å². The van der Waals surface area contributed by atoms with Crippen LogP contribution in [-0.2, 0) is 24.3 Å². The second-order valence-corrected chi connectivity index (χ2v) is 4.32. The number of ether oxygens (including phenoxy) is 1. The number of benzene rings is 1. The van der Waals surface area contributed by atoms with Gasteiger partial charge < -0.3 is 4.74 Å². The van der Waals surface area contributed by atoms with Crippen LogP contribution in [0.4, 0.5) is 0 Å². The Kier molecular flexibility index (Phi) is 4.11. The van der Waals surface area contributed by atoms with Crippen molar-refractivity contribution in [2.45, 2.75) is 19.1 Å². The van der Waals surface area contributed by atoms with Crippen molar-refractivity contribution in [2.24, 2.45) is 0 Å². The molecule has 2 atom stereocenters. The summed E-state index contributed by atoms with van der Waals surface area (Å²) < 4.78 is 5.81. The molecular formula is C11H11BrO5. The molecule has 1 aromatic rings. The molecule has 0 spiro atoms. The van der Waals surface area contributed by atoms with Crippen molar-refractivity contribution < 1.29 is 24.3 Å². The Morgan fingerprint density at radius 2 is 2.06 bits per heavy atom. The van der Waals surface area contributed by atoms with Gasteiger partial charge in [0.2, 0.25) is 6.10 Å². The van der Waals surface area contributed by atoms with Crippen LogP contribution in [-0.4, -0.2) is 18.7 Å². The van der Waals surface area contributed by atoms with Gasteiger partial charge in [-0.25, -0.2) is 4.79 Å². The van der Waals surface area contributed by atoms with Crippen LogP contribution in [0.3, 0.4) is 0 Å². The number of carbonyl (C=O) groups is 1. The quantitative estimate of drug-likeness (QED) is 0.633. The zero-order valence-corrected chi connectivity index (χ0v) is 10.7. The minimum absolute atomic E-state index is 0.283. The third-order valence-electron chi connectivity index (χ3n) is 2.28. The zero-order chi connectivity index (χ0) is 12.3. The predicted octanol–water partition coefficient (Wildman–Crippen LogP) is 2.32. The fourth-order valence-electron chi connectivity index (χ4n) is 1.48. The number of rotatable bonds is 3. The molecular weight excluding hydrogens is 292 g/mol. The maximum atomic E-state index is 11.6. The highest BCUT2D eigenvalue weighted by atomic mass is 79.9. The van der Waals surface area contributed by atoms with E-state index in [1.165, 1.54) is 0 Å². The highest BCUT2D eigenvalue weighted by Gasteiger charge is 2.40. The molecule has 1 fully saturated rings. The number of carbonyl (C=O) groups excluding carboxylic acids is 1. The minimum Gasteiger partial charge on any atom is -0.464 e. The van der Waals surface area contributed by atoms with E-state index in [1.807, 2.05) is 24.3 Å². The van der Waals surface area contributed by atoms with Gasteiger partial charge in [-0.15, -0.1) is 0 Å². The van der Waals surface area contributed by atoms with Gasteiger partial charge in [0.1, 0.15) is 0 Å². The topological polar surface area (TPSA) is 54.0 Å². The van der Waals surface area contributed by atoms with E-state index in [0.29, 0.717) is 0 Å². The molecule has 1 aliphatic heterocycles. The predicted molar refractivity (Wildman–Crippen MR) is 60.6 cm³/mol. The maximum Gasteiger partial charge on any atom is 0.342 e. The first-order valence-corrected chi connectivity index (χ1v) is 5.92. The lowest BCUT2D eigenvalue weighted by atomic mass is 10.0. The normalized spacial score (nSPS) is 23.6. The van der Waals surface area contributed by atoms with Crippen LogP contribution < -0.4 is 0 Å². The molecule has 6 heteroatoms. The van der Waals surface area contributed by atoms with Gasteiger partial charge >= 0.3 is 5.97 Å². The van der Waals surface area contributed by atoms with Crippen molar-refractivity contribution in [1.29, 1.82) is 0 Å². The Balaban J connectivity index is 2.14. The van der Waals surface area contributed by atoms with Gasteiger partial charge in [0, 0.05) is 4.47 Å². The second kappa shape index (κ2) is 5.59. The highest BCUT2D eigenvalue weighted by Crippen LogP contribution is 2.31. The average Bonchev–Trinajstić information content (AvgIpc) is 2.79. The fourth-order valence-corrected chi connectivity index (χ4v) is 1.74. The first-order chi connectivity index (χ1) is 8.22. The molecule has 1 heterocycles. The third-order valence-corrected chi connectivity index (χ3v) is 2.81. The van der Waals surface area contributed by atoms with Gasteiger partial charge in [-0.1, -0.05) is 33.1 Å². The van der Waals surface area contributed by atoms with E-state index in [2.05, 4.69) is 21.0 Å². The molecule has 0 radical (unpaired) electrons. The third kappa shape index (κ3) is 2.84. The summed E-state index contributed by atoms with van der Waals surface area (Å²) in [7, 11) is 0. The van der Waals surface area contributed by atoms with Gasteiger partial charge in [0.05, 0.1) is 6.61 Å². The van der Waals surface area contributed by atoms with E-state index in [4.69, 9.17) is 14.5 Å². The molecule has 0 saturated carbocycles. The molecule has 92 valence electrons. The molecule has 0 bridgehead atoms. The van der Waals surface area contributed by atoms with Crippen LogP contribution in [0.1, 0.15) is 18.6 Å². The van der Waals surface area contributed by atoms with Crippen LogP contribution in [0, 0.1) is 0 Å². The molecule has 1 saturated heterocycles. The molecule has 2 unspecified atom stereocenters. The standard InChI is InChI=1S/C11H11BrO5/c1-2-14-11(13)10-9(15-17-16-10)7-3-5-8(12)6-4-7/h3-6,9-10H,2H2,1H3. The fraction of sp³-hybridized carbons (Fsp3) is 0.364. The lowest BCUT2D eigenvalue weighted by Crippen LogP contribution is -2.27. The summed E-state index contributed by atoms with van der Waals surface area (Å²) in [5.74, 6) is -0.502. The van der Waals surface area contributed by atoms with E-state index in [-0.39, 0.29) is 6.61 Å². The second-order valence-electron chi connectivity index (χ2n) is 3.41. The first-order valence-electron chi connectivity index (χ1n) is 5.13. The summed E-state index contributed by atoms with van der Waals surface area (Å²) in [5.41, 5.74) is 0.781. The van der Waals surface area contributed by atoms with Gasteiger partial charge in [-0.05, 0) is 24.6 Å². The van der Waals surface area contributed by atoms with Crippen LogP contribution in [0.2, 0.25) is 0 Å². The van der Waals surface area contributed by atoms with Gasteiger partial charge in [-0.2, -0.15) is 9.78 Å². The summed E-state index contributed by atoms with van der Waals surface area (Å²) in [6.45, 7) is 2.01. The summed E-state index contributed by atoms with van der Waals surface area (Å²) in [4.78, 5) is 21.3. The summed E-state index contributed by atoms with van der Waals surface area (Å²) in [6.07, 6.45) is -1.50. The van der Waals surface area contributed by atoms with Crippen LogP contribution in [0.25, 0.3) is 0 Å². The van der Waals surface area contributed by atoms with Gasteiger partial charge in [0.25, 0.3) is 0 Å². The maximum absolute atomic E-state index is 11.6. The summed E-state index contributed by atoms with van der Waals surface area (Å²) in [5, 5.41) is 4.41. The Hall–Kier alpha value is -0.950. The minimum atomic E-state index is -0.892. The van der Waals surface area contributed by atoms with E-state index in [1.54, 1.807) is 6.92 Å². The van der Waals surface area contributed by atoms with E-state index in [0.717, 1.165) is 10.0 Å². The van der Waals surface area contributed by atoms with Crippen LogP contribution in [0.15, 0.2) is 28.7 Å². The number of hydrogen-bond donors (Lipinski definition) is 0. The largest absolute Gasteiger partial charge is 0.464 e. The van der Waals surface area contributed by atoms with Crippen molar-refractivity contribution in [1.82, 2.24) is 0 Å². The number of halogens is 1. The smallest absolute Gasteiger partial charge is 0.342 e. The molecule has 5 nitrogen and oxygen atoms in total. The van der Waals surface area contributed by atoms with Crippen LogP contribution >= 0.6 is 15.9 Å². The van der Waals surface area contributed by atoms with Crippen molar-refractivity contribution in [3.63, 3.8) is 0 Å². The van der Waals surface area contributed by atoms with Gasteiger partial charge in [-0.3, -0.25) is 0 Å². The molecule has 0 aliphatic carbocycles. The molecule has 1 aromatic carbocycles. The molecule has 0 amide bonds. The SMILES string of the molecule is CCOC(=O)C1OOOC1c1ccc(Br)cc1. The molecule has 17 heavy (non-hydrogen) atoms. The monoisotopic (exact) mass is 302 g/mol. The lowest BCUT2D eigenvalue weighted by Gasteiger charge is -2.12. The lowest BCUT2D eigenvalue weighted by molar-refractivity contribution is -0.465. The van der Waals surface area contributed by atoms with Crippen molar-refractivity contribution in [3.05, 3.63) is 34.3 Å². The van der Waals surface area contributed by atoms with E-state index in [9.17, 15) is 4.79 Å². The van der Waals surface area contributed by atoms with Crippen molar-refractivity contribution in [3.8, 4) is 0 Å². The molecule has 0 N–H and O–H groups in total. The van der Waals surface area contributed by atoms with E-state index < -0.39 is 18.2 Å². The van der Waals surface area contributed by atoms with Crippen molar-refractivity contribution >= 4 is 21.9 Å². The molecule has 0 aromatic heterocycles. The highest BCUT2D eigenvalue weighted by molar-refractivity contribution is 9.10. The molecule has 2 rings (SSSR count). The van der Waals surface area contributed by atoms with Gasteiger partial charge in [0.15, 0.2) is 6.10 Å². The average molecular weight is 303 g/mol. The Bertz CT molecular complexity index is 391. The zero-order valence-electron chi connectivity index (χ0n) is 9.09. The number of esters is 1. The Morgan fingerprint density at radius 3 is 2.71 bits per heavy atom. The van der Waals surface area contributed by atoms with Crippen LogP contribution in [0.5, 0.6) is 0 Å². The summed E-state index contributed by atoms with van der Waals surface area (Å²) >= 11 is 3.33.